The average molecular weight is 313 g/mol. The highest BCUT2D eigenvalue weighted by molar-refractivity contribution is 5.97. The van der Waals surface area contributed by atoms with E-state index < -0.39 is 11.7 Å². The minimum Gasteiger partial charge on any atom is -0.444 e. The summed E-state index contributed by atoms with van der Waals surface area (Å²) in [7, 11) is 0. The molecule has 1 fully saturated rings. The molecule has 1 aliphatic rings. The third kappa shape index (κ3) is 4.35. The Balaban J connectivity index is 2.25. The molecule has 2 rings (SSSR count). The molecule has 2 unspecified atom stereocenters. The summed E-state index contributed by atoms with van der Waals surface area (Å²) in [6.07, 6.45) is 6.21. The molecule has 1 amide bonds. The van der Waals surface area contributed by atoms with Crippen LogP contribution in [0.4, 0.5) is 4.79 Å². The lowest BCUT2D eigenvalue weighted by Gasteiger charge is -2.39. The van der Waals surface area contributed by atoms with Gasteiger partial charge in [0.15, 0.2) is 0 Å². The van der Waals surface area contributed by atoms with Crippen molar-refractivity contribution in [2.75, 3.05) is 6.54 Å². The molecule has 122 valence electrons. The second kappa shape index (κ2) is 6.87. The predicted molar refractivity (Wildman–Crippen MR) is 88.7 cm³/mol. The van der Waals surface area contributed by atoms with Crippen LogP contribution in [0.25, 0.3) is 0 Å². The zero-order chi connectivity index (χ0) is 17.0. The van der Waals surface area contributed by atoms with Gasteiger partial charge in [-0.3, -0.25) is 4.79 Å². The Hall–Kier alpha value is -2.28. The minimum atomic E-state index is -0.582. The monoisotopic (exact) mass is 313 g/mol. The van der Waals surface area contributed by atoms with Crippen molar-refractivity contribution in [3.8, 4) is 12.3 Å². The van der Waals surface area contributed by atoms with Crippen LogP contribution in [-0.4, -0.2) is 28.9 Å². The van der Waals surface area contributed by atoms with Gasteiger partial charge in [-0.2, -0.15) is 0 Å². The number of rotatable bonds is 2. The van der Waals surface area contributed by atoms with E-state index in [1.807, 2.05) is 51.1 Å². The Bertz CT molecular complexity index is 610. The number of hydrogen-bond donors (Lipinski definition) is 0. The van der Waals surface area contributed by atoms with Gasteiger partial charge in [0.2, 0.25) is 5.78 Å². The molecule has 1 aromatic carbocycles. The smallest absolute Gasteiger partial charge is 0.410 e. The summed E-state index contributed by atoms with van der Waals surface area (Å²) in [6.45, 7) is 5.79. The minimum absolute atomic E-state index is 0.0899. The third-order valence-corrected chi connectivity index (χ3v) is 3.91. The van der Waals surface area contributed by atoms with Gasteiger partial charge in [-0.1, -0.05) is 30.3 Å². The van der Waals surface area contributed by atoms with Crippen molar-refractivity contribution in [1.82, 2.24) is 4.90 Å². The van der Waals surface area contributed by atoms with Gasteiger partial charge in [0.05, 0.1) is 6.04 Å². The largest absolute Gasteiger partial charge is 0.444 e. The van der Waals surface area contributed by atoms with Crippen LogP contribution in [0.3, 0.4) is 0 Å². The van der Waals surface area contributed by atoms with Gasteiger partial charge in [0, 0.05) is 12.5 Å². The molecule has 1 heterocycles. The van der Waals surface area contributed by atoms with Crippen LogP contribution < -0.4 is 0 Å². The van der Waals surface area contributed by atoms with E-state index in [9.17, 15) is 9.59 Å². The molecule has 4 heteroatoms. The first-order valence-corrected chi connectivity index (χ1v) is 7.87. The Morgan fingerprint density at radius 2 is 1.87 bits per heavy atom. The fourth-order valence-corrected chi connectivity index (χ4v) is 2.85. The summed E-state index contributed by atoms with van der Waals surface area (Å²) in [5.74, 6) is 1.62. The second-order valence-corrected chi connectivity index (χ2v) is 6.84. The first-order chi connectivity index (χ1) is 10.8. The molecule has 2 atom stereocenters. The molecule has 0 spiro atoms. The molecule has 1 aliphatic heterocycles. The number of nitrogens with zero attached hydrogens (tertiary/aromatic N) is 1. The van der Waals surface area contributed by atoms with Gasteiger partial charge in [0.25, 0.3) is 0 Å². The fourth-order valence-electron chi connectivity index (χ4n) is 2.85. The number of hydrogen-bond acceptors (Lipinski definition) is 3. The Morgan fingerprint density at radius 1 is 1.22 bits per heavy atom. The third-order valence-electron chi connectivity index (χ3n) is 3.91. The maximum atomic E-state index is 12.6. The summed E-state index contributed by atoms with van der Waals surface area (Å²) >= 11 is 0. The lowest BCUT2D eigenvalue weighted by Crippen LogP contribution is -2.46. The van der Waals surface area contributed by atoms with E-state index in [1.54, 1.807) is 4.90 Å². The standard InChI is InChI=1S/C19H23NO3/c1-5-17(21)15-11-12-16(14-9-7-6-8-10-14)20(13-15)18(22)23-19(2,3)4/h1,6-10,15-16H,11-13H2,2-4H3. The van der Waals surface area contributed by atoms with Gasteiger partial charge >= 0.3 is 6.09 Å². The number of terminal acetylenes is 1. The maximum absolute atomic E-state index is 12.6. The van der Waals surface area contributed by atoms with Gasteiger partial charge < -0.3 is 9.64 Å². The van der Waals surface area contributed by atoms with Gasteiger partial charge in [0.1, 0.15) is 5.60 Å². The topological polar surface area (TPSA) is 46.6 Å². The van der Waals surface area contributed by atoms with Crippen molar-refractivity contribution >= 4 is 11.9 Å². The van der Waals surface area contributed by atoms with Gasteiger partial charge in [-0.15, -0.1) is 6.42 Å². The number of likely N-dealkylation sites (tertiary alicyclic amines) is 1. The molecule has 4 nitrogen and oxygen atoms in total. The maximum Gasteiger partial charge on any atom is 0.410 e. The SMILES string of the molecule is C#CC(=O)C1CCC(c2ccccc2)N(C(=O)OC(C)(C)C)C1. The molecule has 1 saturated heterocycles. The summed E-state index contributed by atoms with van der Waals surface area (Å²) in [5.41, 5.74) is 0.464. The van der Waals surface area contributed by atoms with Gasteiger partial charge in [-0.05, 0) is 45.1 Å². The number of piperidine rings is 1. The fraction of sp³-hybridized carbons (Fsp3) is 0.474. The number of ketones is 1. The molecule has 0 aromatic heterocycles. The van der Waals surface area contributed by atoms with E-state index in [4.69, 9.17) is 11.2 Å². The molecule has 0 saturated carbocycles. The normalized spacial score (nSPS) is 21.4. The van der Waals surface area contributed by atoms with Crippen molar-refractivity contribution in [1.29, 1.82) is 0 Å². The van der Waals surface area contributed by atoms with Crippen LogP contribution in [0, 0.1) is 18.3 Å². The molecule has 0 bridgehead atoms. The highest BCUT2D eigenvalue weighted by Crippen LogP contribution is 2.34. The van der Waals surface area contributed by atoms with Crippen LogP contribution in [0.2, 0.25) is 0 Å². The van der Waals surface area contributed by atoms with Crippen molar-refractivity contribution in [2.45, 2.75) is 45.3 Å². The molecular weight excluding hydrogens is 290 g/mol. The lowest BCUT2D eigenvalue weighted by atomic mass is 9.87. The van der Waals surface area contributed by atoms with Crippen LogP contribution in [-0.2, 0) is 9.53 Å². The summed E-state index contributed by atoms with van der Waals surface area (Å²) in [5, 5.41) is 0. The van der Waals surface area contributed by atoms with Crippen molar-refractivity contribution in [3.63, 3.8) is 0 Å². The molecule has 0 aliphatic carbocycles. The molecular formula is C19H23NO3. The zero-order valence-corrected chi connectivity index (χ0v) is 13.9. The predicted octanol–water partition coefficient (Wildman–Crippen LogP) is 3.58. The van der Waals surface area contributed by atoms with E-state index >= 15 is 0 Å². The molecule has 23 heavy (non-hydrogen) atoms. The van der Waals surface area contributed by atoms with Crippen LogP contribution in [0.5, 0.6) is 0 Å². The second-order valence-electron chi connectivity index (χ2n) is 6.84. The van der Waals surface area contributed by atoms with Crippen molar-refractivity contribution < 1.29 is 14.3 Å². The van der Waals surface area contributed by atoms with Gasteiger partial charge in [-0.25, -0.2) is 4.79 Å². The Labute approximate surface area is 137 Å². The van der Waals surface area contributed by atoms with Crippen molar-refractivity contribution in [2.24, 2.45) is 5.92 Å². The molecule has 0 radical (unpaired) electrons. The highest BCUT2D eigenvalue weighted by Gasteiger charge is 2.37. The number of benzene rings is 1. The Morgan fingerprint density at radius 3 is 2.43 bits per heavy atom. The van der Waals surface area contributed by atoms with E-state index in [0.717, 1.165) is 5.56 Å². The average Bonchev–Trinajstić information content (AvgIpc) is 2.52. The first-order valence-electron chi connectivity index (χ1n) is 7.87. The Kier molecular flexibility index (Phi) is 5.10. The summed E-state index contributed by atoms with van der Waals surface area (Å²) < 4.78 is 5.51. The van der Waals surface area contributed by atoms with Crippen LogP contribution in [0.15, 0.2) is 30.3 Å². The number of carbonyl (C=O) groups is 2. The number of carbonyl (C=O) groups excluding carboxylic acids is 2. The summed E-state index contributed by atoms with van der Waals surface area (Å²) in [4.78, 5) is 26.1. The van der Waals surface area contributed by atoms with E-state index in [0.29, 0.717) is 19.4 Å². The van der Waals surface area contributed by atoms with E-state index in [-0.39, 0.29) is 17.7 Å². The van der Waals surface area contributed by atoms with E-state index in [2.05, 4.69) is 5.92 Å². The highest BCUT2D eigenvalue weighted by atomic mass is 16.6. The number of ether oxygens (including phenoxy) is 1. The molecule has 0 N–H and O–H groups in total. The quantitative estimate of drug-likeness (QED) is 0.619. The van der Waals surface area contributed by atoms with E-state index in [1.165, 1.54) is 0 Å². The first kappa shape index (κ1) is 17.1. The van der Waals surface area contributed by atoms with Crippen LogP contribution in [0.1, 0.15) is 45.2 Å². The number of Topliss-reactive ketones (excluding diaryl/α,β-unsaturated/α-hetero) is 1. The number of amides is 1. The lowest BCUT2D eigenvalue weighted by molar-refractivity contribution is -0.119. The zero-order valence-electron chi connectivity index (χ0n) is 13.9. The summed E-state index contributed by atoms with van der Waals surface area (Å²) in [6, 6.07) is 9.72. The van der Waals surface area contributed by atoms with Crippen LogP contribution >= 0.6 is 0 Å². The molecule has 1 aromatic rings. The van der Waals surface area contributed by atoms with Crippen molar-refractivity contribution in [3.05, 3.63) is 35.9 Å².